The van der Waals surface area contributed by atoms with Gasteiger partial charge in [-0.1, -0.05) is 0 Å². The average Bonchev–Trinajstić information content (AvgIpc) is 2.90. The molecular formula is C16H21N3O2. The monoisotopic (exact) mass is 287 g/mol. The maximum absolute atomic E-state index is 12.5. The third-order valence-corrected chi connectivity index (χ3v) is 4.09. The first-order valence-electron chi connectivity index (χ1n) is 7.35. The number of aromatic amines is 1. The molecule has 0 aliphatic carbocycles. The molecule has 1 aromatic heterocycles. The molecule has 1 fully saturated rings. The Hall–Kier alpha value is -2.01. The van der Waals surface area contributed by atoms with E-state index in [4.69, 9.17) is 10.5 Å². The van der Waals surface area contributed by atoms with Gasteiger partial charge in [-0.05, 0) is 43.0 Å². The van der Waals surface area contributed by atoms with Gasteiger partial charge in [-0.2, -0.15) is 0 Å². The van der Waals surface area contributed by atoms with Gasteiger partial charge in [0.2, 0.25) is 0 Å². The van der Waals surface area contributed by atoms with Crippen LogP contribution in [-0.4, -0.2) is 42.6 Å². The summed E-state index contributed by atoms with van der Waals surface area (Å²) in [4.78, 5) is 17.5. The number of H-pyrrole nitrogens is 1. The lowest BCUT2D eigenvalue weighted by atomic mass is 10.00. The highest BCUT2D eigenvalue weighted by molar-refractivity contribution is 5.98. The fourth-order valence-electron chi connectivity index (χ4n) is 2.87. The van der Waals surface area contributed by atoms with Crippen LogP contribution in [0, 0.1) is 5.92 Å². The number of anilines is 1. The predicted molar refractivity (Wildman–Crippen MR) is 83.2 cm³/mol. The van der Waals surface area contributed by atoms with Crippen LogP contribution < -0.4 is 5.73 Å². The zero-order valence-corrected chi connectivity index (χ0v) is 12.3. The minimum absolute atomic E-state index is 0.0243. The van der Waals surface area contributed by atoms with Crippen molar-refractivity contribution in [3.8, 4) is 0 Å². The second-order valence-electron chi connectivity index (χ2n) is 5.77. The molecule has 0 unspecified atom stereocenters. The van der Waals surface area contributed by atoms with Crippen molar-refractivity contribution in [2.75, 3.05) is 32.5 Å². The zero-order valence-electron chi connectivity index (χ0n) is 12.3. The van der Waals surface area contributed by atoms with Crippen molar-refractivity contribution in [3.63, 3.8) is 0 Å². The number of benzene rings is 1. The van der Waals surface area contributed by atoms with Crippen molar-refractivity contribution >= 4 is 22.5 Å². The first-order chi connectivity index (χ1) is 10.1. The number of nitrogens with two attached hydrogens (primary N) is 1. The van der Waals surface area contributed by atoms with E-state index in [1.807, 2.05) is 31.3 Å². The van der Waals surface area contributed by atoms with Crippen LogP contribution in [0.2, 0.25) is 0 Å². The quantitative estimate of drug-likeness (QED) is 0.851. The van der Waals surface area contributed by atoms with Crippen LogP contribution in [0.4, 0.5) is 5.69 Å². The molecule has 0 spiro atoms. The number of carbonyl (C=O) groups is 1. The highest BCUT2D eigenvalue weighted by atomic mass is 16.5. The molecule has 0 saturated carbocycles. The number of nitrogen functional groups attached to an aromatic ring is 1. The van der Waals surface area contributed by atoms with Crippen LogP contribution in [0.5, 0.6) is 0 Å². The Morgan fingerprint density at radius 1 is 1.38 bits per heavy atom. The summed E-state index contributed by atoms with van der Waals surface area (Å²) in [5.41, 5.74) is 8.03. The van der Waals surface area contributed by atoms with E-state index in [1.165, 1.54) is 0 Å². The Morgan fingerprint density at radius 2 is 2.14 bits per heavy atom. The molecule has 1 saturated heterocycles. The standard InChI is InChI=1S/C16H21N3O2/c1-19(10-11-4-6-21-7-5-11)16(20)15-9-12-8-13(17)2-3-14(12)18-15/h2-3,8-9,11,18H,4-7,10,17H2,1H3. The minimum atomic E-state index is 0.0243. The number of nitrogens with zero attached hydrogens (tertiary/aromatic N) is 1. The molecule has 1 aliphatic rings. The van der Waals surface area contributed by atoms with Crippen molar-refractivity contribution in [3.05, 3.63) is 30.0 Å². The summed E-state index contributed by atoms with van der Waals surface area (Å²) in [5, 5.41) is 0.970. The lowest BCUT2D eigenvalue weighted by Gasteiger charge is -2.26. The fraction of sp³-hybridized carbons (Fsp3) is 0.438. The topological polar surface area (TPSA) is 71.3 Å². The van der Waals surface area contributed by atoms with Crippen molar-refractivity contribution in [1.29, 1.82) is 0 Å². The lowest BCUT2D eigenvalue weighted by Crippen LogP contribution is -2.34. The number of rotatable bonds is 3. The summed E-state index contributed by atoms with van der Waals surface area (Å²) >= 11 is 0. The van der Waals surface area contributed by atoms with Crippen LogP contribution in [0.25, 0.3) is 10.9 Å². The first-order valence-corrected chi connectivity index (χ1v) is 7.35. The number of hydrogen-bond donors (Lipinski definition) is 2. The van der Waals surface area contributed by atoms with Crippen LogP contribution in [0.3, 0.4) is 0 Å². The van der Waals surface area contributed by atoms with Gasteiger partial charge in [0, 0.05) is 43.4 Å². The molecule has 3 N–H and O–H groups in total. The van der Waals surface area contributed by atoms with Crippen molar-refractivity contribution < 1.29 is 9.53 Å². The molecule has 21 heavy (non-hydrogen) atoms. The number of fused-ring (bicyclic) bond motifs is 1. The summed E-state index contributed by atoms with van der Waals surface area (Å²) in [5.74, 6) is 0.559. The van der Waals surface area contributed by atoms with Gasteiger partial charge in [0.15, 0.2) is 0 Å². The van der Waals surface area contributed by atoms with E-state index in [1.54, 1.807) is 4.90 Å². The number of aromatic nitrogens is 1. The van der Waals surface area contributed by atoms with Crippen LogP contribution >= 0.6 is 0 Å². The van der Waals surface area contributed by atoms with Crippen LogP contribution in [0.1, 0.15) is 23.3 Å². The van der Waals surface area contributed by atoms with Gasteiger partial charge in [-0.25, -0.2) is 0 Å². The lowest BCUT2D eigenvalue weighted by molar-refractivity contribution is 0.0495. The first kappa shape index (κ1) is 13.9. The van der Waals surface area contributed by atoms with Crippen LogP contribution in [-0.2, 0) is 4.74 Å². The van der Waals surface area contributed by atoms with E-state index < -0.39 is 0 Å². The van der Waals surface area contributed by atoms with Crippen LogP contribution in [0.15, 0.2) is 24.3 Å². The van der Waals surface area contributed by atoms with Gasteiger partial charge in [0.05, 0.1) is 0 Å². The molecule has 1 aromatic carbocycles. The minimum Gasteiger partial charge on any atom is -0.399 e. The second-order valence-corrected chi connectivity index (χ2v) is 5.77. The molecule has 2 aromatic rings. The highest BCUT2D eigenvalue weighted by Gasteiger charge is 2.20. The smallest absolute Gasteiger partial charge is 0.270 e. The Balaban J connectivity index is 1.72. The van der Waals surface area contributed by atoms with E-state index >= 15 is 0 Å². The van der Waals surface area contributed by atoms with Gasteiger partial charge in [0.25, 0.3) is 5.91 Å². The van der Waals surface area contributed by atoms with Gasteiger partial charge < -0.3 is 20.4 Å². The van der Waals surface area contributed by atoms with E-state index in [0.29, 0.717) is 17.3 Å². The molecule has 112 valence electrons. The van der Waals surface area contributed by atoms with E-state index in [-0.39, 0.29) is 5.91 Å². The van der Waals surface area contributed by atoms with E-state index in [0.717, 1.165) is 43.5 Å². The number of ether oxygens (including phenoxy) is 1. The Morgan fingerprint density at radius 3 is 2.90 bits per heavy atom. The summed E-state index contributed by atoms with van der Waals surface area (Å²) in [6, 6.07) is 7.48. The summed E-state index contributed by atoms with van der Waals surface area (Å²) in [6.07, 6.45) is 2.06. The Kier molecular flexibility index (Phi) is 3.84. The summed E-state index contributed by atoms with van der Waals surface area (Å²) < 4.78 is 5.36. The Labute approximate surface area is 124 Å². The molecule has 0 radical (unpaired) electrons. The molecule has 5 nitrogen and oxygen atoms in total. The number of nitrogens with one attached hydrogen (secondary N) is 1. The molecule has 5 heteroatoms. The average molecular weight is 287 g/mol. The zero-order chi connectivity index (χ0) is 14.8. The third-order valence-electron chi connectivity index (χ3n) is 4.09. The fourth-order valence-corrected chi connectivity index (χ4v) is 2.87. The molecule has 1 aliphatic heterocycles. The third kappa shape index (κ3) is 3.03. The maximum atomic E-state index is 12.5. The maximum Gasteiger partial charge on any atom is 0.270 e. The second kappa shape index (κ2) is 5.77. The molecule has 3 rings (SSSR count). The number of hydrogen-bond acceptors (Lipinski definition) is 3. The predicted octanol–water partition coefficient (Wildman–Crippen LogP) is 2.25. The molecule has 2 heterocycles. The molecule has 0 bridgehead atoms. The van der Waals surface area contributed by atoms with Gasteiger partial charge in [0.1, 0.15) is 5.69 Å². The van der Waals surface area contributed by atoms with Crippen molar-refractivity contribution in [1.82, 2.24) is 9.88 Å². The summed E-state index contributed by atoms with van der Waals surface area (Å²) in [6.45, 7) is 2.39. The van der Waals surface area contributed by atoms with Gasteiger partial charge in [-0.15, -0.1) is 0 Å². The largest absolute Gasteiger partial charge is 0.399 e. The molecule has 0 atom stereocenters. The molecular weight excluding hydrogens is 266 g/mol. The number of carbonyl (C=O) groups excluding carboxylic acids is 1. The highest BCUT2D eigenvalue weighted by Crippen LogP contribution is 2.20. The molecule has 1 amide bonds. The normalized spacial score (nSPS) is 16.2. The van der Waals surface area contributed by atoms with E-state index in [9.17, 15) is 4.79 Å². The SMILES string of the molecule is CN(CC1CCOCC1)C(=O)c1cc2cc(N)ccc2[nH]1. The Bertz CT molecular complexity index is 644. The van der Waals surface area contributed by atoms with Crippen molar-refractivity contribution in [2.45, 2.75) is 12.8 Å². The van der Waals surface area contributed by atoms with Gasteiger partial charge >= 0.3 is 0 Å². The van der Waals surface area contributed by atoms with E-state index in [2.05, 4.69) is 4.98 Å². The van der Waals surface area contributed by atoms with Crippen molar-refractivity contribution in [2.24, 2.45) is 5.92 Å². The van der Waals surface area contributed by atoms with Gasteiger partial charge in [-0.3, -0.25) is 4.79 Å². The number of amides is 1. The summed E-state index contributed by atoms with van der Waals surface area (Å²) in [7, 11) is 1.86.